The number of aromatic nitrogens is 2. The Balaban J connectivity index is 1.24. The molecule has 0 atom stereocenters. The van der Waals surface area contributed by atoms with E-state index in [1.165, 1.54) is 35.0 Å². The van der Waals surface area contributed by atoms with Crippen LogP contribution in [0.4, 0.5) is 0 Å². The Kier molecular flexibility index (Phi) is 4.91. The van der Waals surface area contributed by atoms with Crippen LogP contribution in [0.2, 0.25) is 0 Å². The molecule has 5 rings (SSSR count). The minimum absolute atomic E-state index is 0.555. The molecule has 0 spiro atoms. The third kappa shape index (κ3) is 3.70. The maximum atomic E-state index is 4.76. The molecule has 1 fully saturated rings. The fourth-order valence-corrected chi connectivity index (χ4v) is 4.65. The smallest absolute Gasteiger partial charge is 0.106 e. The van der Waals surface area contributed by atoms with Gasteiger partial charge < -0.3 is 4.57 Å². The van der Waals surface area contributed by atoms with E-state index in [1.54, 1.807) is 0 Å². The van der Waals surface area contributed by atoms with Gasteiger partial charge >= 0.3 is 0 Å². The number of piperidine rings is 1. The summed E-state index contributed by atoms with van der Waals surface area (Å²) in [6.07, 6.45) is 2.37. The Morgan fingerprint density at radius 2 is 1.45 bits per heavy atom. The van der Waals surface area contributed by atoms with Gasteiger partial charge in [0.1, 0.15) is 5.82 Å². The summed E-state index contributed by atoms with van der Waals surface area (Å²) in [5.41, 5.74) is 6.36. The zero-order valence-corrected chi connectivity index (χ0v) is 17.0. The van der Waals surface area contributed by atoms with Crippen molar-refractivity contribution in [2.45, 2.75) is 32.4 Å². The zero-order chi connectivity index (χ0) is 19.6. The summed E-state index contributed by atoms with van der Waals surface area (Å²) in [7, 11) is 0. The van der Waals surface area contributed by atoms with Crippen molar-refractivity contribution in [3.05, 3.63) is 90.3 Å². The molecule has 3 aromatic carbocycles. The number of imidazole rings is 1. The minimum atomic E-state index is 0.555. The van der Waals surface area contributed by atoms with Gasteiger partial charge in [-0.25, -0.2) is 4.98 Å². The van der Waals surface area contributed by atoms with Gasteiger partial charge in [-0.3, -0.25) is 4.90 Å². The van der Waals surface area contributed by atoms with Gasteiger partial charge in [0.15, 0.2) is 0 Å². The second kappa shape index (κ2) is 7.84. The third-order valence-electron chi connectivity index (χ3n) is 6.16. The second-order valence-corrected chi connectivity index (χ2v) is 8.09. The molecular weight excluding hydrogens is 354 g/mol. The molecule has 3 nitrogen and oxygen atoms in total. The van der Waals surface area contributed by atoms with Crippen LogP contribution in [-0.2, 0) is 6.54 Å². The molecule has 2 heterocycles. The van der Waals surface area contributed by atoms with E-state index in [1.807, 2.05) is 0 Å². The van der Waals surface area contributed by atoms with Crippen LogP contribution in [-0.4, -0.2) is 27.5 Å². The van der Waals surface area contributed by atoms with Crippen molar-refractivity contribution in [2.75, 3.05) is 13.1 Å². The van der Waals surface area contributed by atoms with Crippen LogP contribution in [0.25, 0.3) is 22.2 Å². The van der Waals surface area contributed by atoms with Crippen molar-refractivity contribution < 1.29 is 0 Å². The molecule has 0 radical (unpaired) electrons. The predicted molar refractivity (Wildman–Crippen MR) is 120 cm³/mol. The van der Waals surface area contributed by atoms with Gasteiger partial charge in [0.05, 0.1) is 11.0 Å². The monoisotopic (exact) mass is 381 g/mol. The van der Waals surface area contributed by atoms with E-state index >= 15 is 0 Å². The zero-order valence-electron chi connectivity index (χ0n) is 17.0. The first-order valence-corrected chi connectivity index (χ1v) is 10.6. The summed E-state index contributed by atoms with van der Waals surface area (Å²) in [6.45, 7) is 5.44. The minimum Gasteiger partial charge on any atom is -0.325 e. The lowest BCUT2D eigenvalue weighted by atomic mass is 10.0. The summed E-state index contributed by atoms with van der Waals surface area (Å²) in [5, 5.41) is 0. The first kappa shape index (κ1) is 18.1. The van der Waals surface area contributed by atoms with Gasteiger partial charge in [-0.2, -0.15) is 0 Å². The lowest BCUT2D eigenvalue weighted by molar-refractivity contribution is 0.180. The van der Waals surface area contributed by atoms with E-state index in [-0.39, 0.29) is 0 Å². The van der Waals surface area contributed by atoms with E-state index < -0.39 is 0 Å². The molecule has 1 aliphatic rings. The molecule has 146 valence electrons. The van der Waals surface area contributed by atoms with Crippen LogP contribution in [0.5, 0.6) is 0 Å². The number of hydrogen-bond donors (Lipinski definition) is 0. The van der Waals surface area contributed by atoms with Crippen molar-refractivity contribution in [2.24, 2.45) is 0 Å². The molecule has 1 saturated heterocycles. The van der Waals surface area contributed by atoms with E-state index in [2.05, 4.69) is 95.3 Å². The molecule has 0 aliphatic carbocycles. The van der Waals surface area contributed by atoms with Gasteiger partial charge in [0.25, 0.3) is 0 Å². The number of fused-ring (bicyclic) bond motifs is 1. The number of rotatable bonds is 4. The first-order valence-electron chi connectivity index (χ1n) is 10.6. The highest BCUT2D eigenvalue weighted by Crippen LogP contribution is 2.29. The maximum absolute atomic E-state index is 4.76. The number of nitrogens with zero attached hydrogens (tertiary/aromatic N) is 3. The van der Waals surface area contributed by atoms with E-state index in [9.17, 15) is 0 Å². The van der Waals surface area contributed by atoms with Crippen LogP contribution < -0.4 is 0 Å². The SMILES string of the molecule is Cc1nc2ccccc2n1C1CCN(Cc2ccc(-c3ccccc3)cc2)CC1. The molecule has 1 aromatic heterocycles. The van der Waals surface area contributed by atoms with Crippen molar-refractivity contribution in [1.29, 1.82) is 0 Å². The van der Waals surface area contributed by atoms with Crippen LogP contribution in [0.15, 0.2) is 78.9 Å². The standard InChI is InChI=1S/C26H27N3/c1-20-27-25-9-5-6-10-26(25)29(20)24-15-17-28(18-16-24)19-21-11-13-23(14-12-21)22-7-3-2-4-8-22/h2-14,24H,15-19H2,1H3. The Bertz CT molecular complexity index is 1090. The highest BCUT2D eigenvalue weighted by Gasteiger charge is 2.23. The van der Waals surface area contributed by atoms with Crippen molar-refractivity contribution in [3.8, 4) is 11.1 Å². The molecule has 29 heavy (non-hydrogen) atoms. The molecule has 1 aliphatic heterocycles. The summed E-state index contributed by atoms with van der Waals surface area (Å²) in [4.78, 5) is 7.34. The van der Waals surface area contributed by atoms with Crippen molar-refractivity contribution in [1.82, 2.24) is 14.5 Å². The Morgan fingerprint density at radius 3 is 2.21 bits per heavy atom. The third-order valence-corrected chi connectivity index (χ3v) is 6.16. The molecule has 0 N–H and O–H groups in total. The summed E-state index contributed by atoms with van der Waals surface area (Å²) in [6, 6.07) is 28.7. The maximum Gasteiger partial charge on any atom is 0.106 e. The van der Waals surface area contributed by atoms with E-state index in [4.69, 9.17) is 4.98 Å². The number of para-hydroxylation sites is 2. The van der Waals surface area contributed by atoms with Crippen LogP contribution >= 0.6 is 0 Å². The van der Waals surface area contributed by atoms with Gasteiger partial charge in [0.2, 0.25) is 0 Å². The number of benzene rings is 3. The normalized spacial score (nSPS) is 15.8. The molecule has 0 unspecified atom stereocenters. The topological polar surface area (TPSA) is 21.1 Å². The summed E-state index contributed by atoms with van der Waals surface area (Å²) >= 11 is 0. The second-order valence-electron chi connectivity index (χ2n) is 8.09. The molecule has 0 bridgehead atoms. The Hall–Kier alpha value is -2.91. The molecule has 3 heteroatoms. The fourth-order valence-electron chi connectivity index (χ4n) is 4.65. The lowest BCUT2D eigenvalue weighted by Crippen LogP contribution is -2.34. The van der Waals surface area contributed by atoms with E-state index in [0.717, 1.165) is 31.0 Å². The summed E-state index contributed by atoms with van der Waals surface area (Å²) < 4.78 is 2.46. The van der Waals surface area contributed by atoms with Crippen LogP contribution in [0.1, 0.15) is 30.3 Å². The van der Waals surface area contributed by atoms with E-state index in [0.29, 0.717) is 6.04 Å². The molecule has 0 saturated carbocycles. The summed E-state index contributed by atoms with van der Waals surface area (Å²) in [5.74, 6) is 1.14. The highest BCUT2D eigenvalue weighted by molar-refractivity contribution is 5.76. The quantitative estimate of drug-likeness (QED) is 0.442. The highest BCUT2D eigenvalue weighted by atomic mass is 15.2. The van der Waals surface area contributed by atoms with Gasteiger partial charge in [-0.1, -0.05) is 66.7 Å². The van der Waals surface area contributed by atoms with Gasteiger partial charge in [-0.05, 0) is 48.6 Å². The molecule has 4 aromatic rings. The molecular formula is C26H27N3. The van der Waals surface area contributed by atoms with Crippen molar-refractivity contribution in [3.63, 3.8) is 0 Å². The van der Waals surface area contributed by atoms with Gasteiger partial charge in [-0.15, -0.1) is 0 Å². The van der Waals surface area contributed by atoms with Crippen LogP contribution in [0.3, 0.4) is 0 Å². The van der Waals surface area contributed by atoms with Crippen LogP contribution in [0, 0.1) is 6.92 Å². The van der Waals surface area contributed by atoms with Crippen molar-refractivity contribution >= 4 is 11.0 Å². The number of aryl methyl sites for hydroxylation is 1. The molecule has 0 amide bonds. The Morgan fingerprint density at radius 1 is 0.793 bits per heavy atom. The average molecular weight is 382 g/mol. The fraction of sp³-hybridized carbons (Fsp3) is 0.269. The largest absolute Gasteiger partial charge is 0.325 e. The van der Waals surface area contributed by atoms with Gasteiger partial charge in [0, 0.05) is 25.7 Å². The lowest BCUT2D eigenvalue weighted by Gasteiger charge is -2.33. The predicted octanol–water partition coefficient (Wildman–Crippen LogP) is 5.85. The first-order chi connectivity index (χ1) is 14.3. The Labute approximate surface area is 172 Å². The average Bonchev–Trinajstić information content (AvgIpc) is 3.11. The number of likely N-dealkylation sites (tertiary alicyclic amines) is 1. The number of hydrogen-bond acceptors (Lipinski definition) is 2.